The van der Waals surface area contributed by atoms with E-state index in [0.29, 0.717) is 32.9 Å². The van der Waals surface area contributed by atoms with Gasteiger partial charge in [0, 0.05) is 33.9 Å². The van der Waals surface area contributed by atoms with E-state index in [1.54, 1.807) is 26.8 Å². The van der Waals surface area contributed by atoms with Crippen LogP contribution in [0.2, 0.25) is 0 Å². The van der Waals surface area contributed by atoms with Crippen molar-refractivity contribution in [2.45, 2.75) is 19.5 Å². The first-order valence-electron chi connectivity index (χ1n) is 8.73. The van der Waals surface area contributed by atoms with Gasteiger partial charge >= 0.3 is 0 Å². The van der Waals surface area contributed by atoms with E-state index in [1.165, 1.54) is 11.1 Å². The van der Waals surface area contributed by atoms with Gasteiger partial charge in [-0.15, -0.1) is 0 Å². The molecule has 2 rings (SSSR count). The highest BCUT2D eigenvalue weighted by atomic mass is 16.5. The second-order valence-electron chi connectivity index (χ2n) is 5.72. The van der Waals surface area contributed by atoms with Crippen molar-refractivity contribution in [3.63, 3.8) is 0 Å². The van der Waals surface area contributed by atoms with E-state index in [4.69, 9.17) is 9.47 Å². The summed E-state index contributed by atoms with van der Waals surface area (Å²) in [4.78, 5) is 8.21. The van der Waals surface area contributed by atoms with Crippen LogP contribution in [-0.2, 0) is 22.6 Å². The second kappa shape index (κ2) is 12.0. The van der Waals surface area contributed by atoms with E-state index < -0.39 is 0 Å². The Morgan fingerprint density at radius 2 is 2.08 bits per heavy atom. The molecule has 1 aromatic heterocycles. The van der Waals surface area contributed by atoms with Crippen LogP contribution in [0, 0.1) is 0 Å². The molecule has 8 nitrogen and oxygen atoms in total. The fraction of sp³-hybridized carbons (Fsp3) is 0.500. The Balaban J connectivity index is 1.69. The predicted octanol–water partition coefficient (Wildman–Crippen LogP) is 1.04. The number of hydrogen-bond donors (Lipinski definition) is 2. The molecule has 0 saturated heterocycles. The third kappa shape index (κ3) is 7.62. The molecule has 0 bridgehead atoms. The summed E-state index contributed by atoms with van der Waals surface area (Å²) in [5.74, 6) is 0.781. The first kappa shape index (κ1) is 19.9. The van der Waals surface area contributed by atoms with Gasteiger partial charge < -0.3 is 20.1 Å². The molecular formula is C18H28N6O2. The number of aliphatic imine (C=N–C) groups is 1. The minimum absolute atomic E-state index is 0.632. The Morgan fingerprint density at radius 3 is 2.85 bits per heavy atom. The Bertz CT molecular complexity index is 645. The zero-order valence-electron chi connectivity index (χ0n) is 15.5. The van der Waals surface area contributed by atoms with Gasteiger partial charge in [0.2, 0.25) is 0 Å². The molecule has 0 unspecified atom stereocenters. The molecule has 0 aliphatic heterocycles. The first-order valence-corrected chi connectivity index (χ1v) is 8.73. The average molecular weight is 360 g/mol. The molecule has 1 aromatic carbocycles. The van der Waals surface area contributed by atoms with Crippen LogP contribution in [-0.4, -0.2) is 61.2 Å². The highest BCUT2D eigenvalue weighted by Gasteiger charge is 2.01. The number of nitrogens with one attached hydrogen (secondary N) is 2. The van der Waals surface area contributed by atoms with Gasteiger partial charge in [0.25, 0.3) is 0 Å². The maximum absolute atomic E-state index is 5.44. The molecular weight excluding hydrogens is 332 g/mol. The maximum atomic E-state index is 5.44. The normalized spacial score (nSPS) is 11.5. The van der Waals surface area contributed by atoms with Crippen molar-refractivity contribution in [3.8, 4) is 0 Å². The number of aromatic nitrogens is 3. The molecule has 0 saturated carbocycles. The molecule has 1 heterocycles. The fourth-order valence-corrected chi connectivity index (χ4v) is 2.37. The lowest BCUT2D eigenvalue weighted by Crippen LogP contribution is -2.37. The van der Waals surface area contributed by atoms with E-state index in [1.807, 2.05) is 4.68 Å². The summed E-state index contributed by atoms with van der Waals surface area (Å²) in [6.45, 7) is 4.19. The smallest absolute Gasteiger partial charge is 0.191 e. The van der Waals surface area contributed by atoms with Gasteiger partial charge in [0.1, 0.15) is 12.7 Å². The third-order valence-corrected chi connectivity index (χ3v) is 3.68. The van der Waals surface area contributed by atoms with Crippen LogP contribution in [0.25, 0.3) is 0 Å². The molecule has 26 heavy (non-hydrogen) atoms. The zero-order chi connectivity index (χ0) is 18.5. The molecule has 142 valence electrons. The molecule has 2 N–H and O–H groups in total. The lowest BCUT2D eigenvalue weighted by Gasteiger charge is -2.12. The van der Waals surface area contributed by atoms with Gasteiger partial charge in [0.15, 0.2) is 5.96 Å². The summed E-state index contributed by atoms with van der Waals surface area (Å²) >= 11 is 0. The van der Waals surface area contributed by atoms with Crippen molar-refractivity contribution in [1.29, 1.82) is 0 Å². The largest absolute Gasteiger partial charge is 0.382 e. The van der Waals surface area contributed by atoms with Crippen molar-refractivity contribution in [2.75, 3.05) is 40.5 Å². The molecule has 2 aromatic rings. The monoisotopic (exact) mass is 360 g/mol. The van der Waals surface area contributed by atoms with Crippen molar-refractivity contribution >= 4 is 5.96 Å². The Morgan fingerprint density at radius 1 is 1.19 bits per heavy atom. The quantitative estimate of drug-likeness (QED) is 0.354. The average Bonchev–Trinajstić information content (AvgIpc) is 3.17. The molecule has 0 radical (unpaired) electrons. The zero-order valence-corrected chi connectivity index (χ0v) is 15.5. The number of ether oxygens (including phenoxy) is 2. The lowest BCUT2D eigenvalue weighted by molar-refractivity contribution is 0.0698. The minimum Gasteiger partial charge on any atom is -0.382 e. The van der Waals surface area contributed by atoms with Gasteiger partial charge in [-0.3, -0.25) is 4.99 Å². The number of nitrogens with zero attached hydrogens (tertiary/aromatic N) is 4. The number of rotatable bonds is 11. The molecule has 0 spiro atoms. The van der Waals surface area contributed by atoms with Crippen LogP contribution in [0.5, 0.6) is 0 Å². The molecule has 0 aliphatic carbocycles. The minimum atomic E-state index is 0.632. The van der Waals surface area contributed by atoms with Crippen LogP contribution in [0.4, 0.5) is 0 Å². The van der Waals surface area contributed by atoms with E-state index in [9.17, 15) is 0 Å². The standard InChI is InChI=1S/C18H28N6O2/c1-19-18(21-7-4-8-26-10-9-25-2)22-12-16-5-3-6-17(11-16)13-24-15-20-14-23-24/h3,5-6,11,14-15H,4,7-10,12-13H2,1-2H3,(H2,19,21,22). The van der Waals surface area contributed by atoms with E-state index in [-0.39, 0.29) is 0 Å². The lowest BCUT2D eigenvalue weighted by atomic mass is 10.1. The van der Waals surface area contributed by atoms with Crippen LogP contribution in [0.3, 0.4) is 0 Å². The first-order chi connectivity index (χ1) is 12.8. The van der Waals surface area contributed by atoms with Gasteiger partial charge in [-0.1, -0.05) is 24.3 Å². The van der Waals surface area contributed by atoms with Crippen molar-refractivity contribution < 1.29 is 9.47 Å². The predicted molar refractivity (Wildman–Crippen MR) is 101 cm³/mol. The number of guanidine groups is 1. The highest BCUT2D eigenvalue weighted by molar-refractivity contribution is 5.79. The van der Waals surface area contributed by atoms with E-state index >= 15 is 0 Å². The summed E-state index contributed by atoms with van der Waals surface area (Å²) in [6.07, 6.45) is 4.18. The van der Waals surface area contributed by atoms with Crippen LogP contribution >= 0.6 is 0 Å². The van der Waals surface area contributed by atoms with Crippen molar-refractivity contribution in [3.05, 3.63) is 48.0 Å². The molecule has 0 atom stereocenters. The van der Waals surface area contributed by atoms with E-state index in [2.05, 4.69) is 50.0 Å². The van der Waals surface area contributed by atoms with Gasteiger partial charge in [0.05, 0.1) is 19.8 Å². The number of benzene rings is 1. The van der Waals surface area contributed by atoms with Gasteiger partial charge in [-0.25, -0.2) is 9.67 Å². The van der Waals surface area contributed by atoms with Gasteiger partial charge in [-0.2, -0.15) is 5.10 Å². The van der Waals surface area contributed by atoms with Crippen molar-refractivity contribution in [1.82, 2.24) is 25.4 Å². The Labute approximate surface area is 154 Å². The highest BCUT2D eigenvalue weighted by Crippen LogP contribution is 2.06. The SMILES string of the molecule is CN=C(NCCCOCCOC)NCc1cccc(Cn2cncn2)c1. The number of methoxy groups -OCH3 is 1. The van der Waals surface area contributed by atoms with Gasteiger partial charge in [-0.05, 0) is 17.5 Å². The fourth-order valence-electron chi connectivity index (χ4n) is 2.37. The second-order valence-corrected chi connectivity index (χ2v) is 5.72. The topological polar surface area (TPSA) is 85.6 Å². The molecule has 0 amide bonds. The summed E-state index contributed by atoms with van der Waals surface area (Å²) < 4.78 is 12.2. The maximum Gasteiger partial charge on any atom is 0.191 e. The summed E-state index contributed by atoms with van der Waals surface area (Å²) in [7, 11) is 3.44. The van der Waals surface area contributed by atoms with E-state index in [0.717, 1.165) is 18.9 Å². The summed E-state index contributed by atoms with van der Waals surface area (Å²) in [5.41, 5.74) is 2.37. The van der Waals surface area contributed by atoms with Crippen LogP contribution in [0.1, 0.15) is 17.5 Å². The summed E-state index contributed by atoms with van der Waals surface area (Å²) in [5, 5.41) is 10.8. The van der Waals surface area contributed by atoms with Crippen molar-refractivity contribution in [2.24, 2.45) is 4.99 Å². The molecule has 0 fully saturated rings. The molecule has 0 aliphatic rings. The third-order valence-electron chi connectivity index (χ3n) is 3.68. The summed E-state index contributed by atoms with van der Waals surface area (Å²) in [6, 6.07) is 8.39. The van der Waals surface area contributed by atoms with Crippen LogP contribution in [0.15, 0.2) is 41.9 Å². The number of hydrogen-bond acceptors (Lipinski definition) is 5. The Kier molecular flexibility index (Phi) is 9.17. The Hall–Kier alpha value is -2.45. The van der Waals surface area contributed by atoms with Crippen LogP contribution < -0.4 is 10.6 Å². The molecule has 8 heteroatoms.